The second kappa shape index (κ2) is 8.35. The van der Waals surface area contributed by atoms with Crippen molar-refractivity contribution in [2.24, 2.45) is 0 Å². The van der Waals surface area contributed by atoms with Crippen molar-refractivity contribution in [2.45, 2.75) is 38.9 Å². The Hall–Kier alpha value is -2.67. The number of hydrogen-bond donors (Lipinski definition) is 0. The van der Waals surface area contributed by atoms with Crippen LogP contribution in [0.25, 0.3) is 5.69 Å². The fourth-order valence-corrected chi connectivity index (χ4v) is 3.72. The third kappa shape index (κ3) is 4.36. The Kier molecular flexibility index (Phi) is 5.91. The molecule has 0 aliphatic heterocycles. The molecule has 0 aliphatic carbocycles. The molecule has 0 unspecified atom stereocenters. The number of hydrogen-bond acceptors (Lipinski definition) is 5. The van der Waals surface area contributed by atoms with E-state index >= 15 is 0 Å². The number of benzene rings is 2. The van der Waals surface area contributed by atoms with E-state index in [0.717, 1.165) is 16.9 Å². The maximum absolute atomic E-state index is 12.9. The third-order valence-corrected chi connectivity index (χ3v) is 5.07. The molecule has 0 spiro atoms. The highest BCUT2D eigenvalue weighted by Gasteiger charge is 2.20. The Morgan fingerprint density at radius 3 is 2.56 bits per heavy atom. The molecule has 27 heavy (non-hydrogen) atoms. The maximum atomic E-state index is 12.9. The van der Waals surface area contributed by atoms with Crippen molar-refractivity contribution in [3.8, 4) is 5.69 Å². The van der Waals surface area contributed by atoms with E-state index < -0.39 is 0 Å². The van der Waals surface area contributed by atoms with Gasteiger partial charge in [0.2, 0.25) is 11.1 Å². The molecular formula is C20H23N5OS. The molecule has 7 heteroatoms. The smallest absolute Gasteiger partial charge is 0.237 e. The van der Waals surface area contributed by atoms with Gasteiger partial charge in [0.15, 0.2) is 0 Å². The SMILES string of the molecule is Cc1ccc(-n2nnnc2SCC(=O)N(c2ccccc2)C(C)C)c(C)c1. The number of aromatic nitrogens is 4. The van der Waals surface area contributed by atoms with Crippen molar-refractivity contribution >= 4 is 23.4 Å². The molecule has 3 aromatic rings. The molecule has 0 aliphatic rings. The molecule has 0 fully saturated rings. The molecule has 140 valence electrons. The highest BCUT2D eigenvalue weighted by atomic mass is 32.2. The van der Waals surface area contributed by atoms with E-state index in [1.165, 1.54) is 17.3 Å². The van der Waals surface area contributed by atoms with Gasteiger partial charge in [-0.2, -0.15) is 4.68 Å². The molecule has 0 saturated heterocycles. The zero-order valence-electron chi connectivity index (χ0n) is 16.0. The van der Waals surface area contributed by atoms with Gasteiger partial charge in [-0.15, -0.1) is 5.10 Å². The number of anilines is 1. The second-order valence-electron chi connectivity index (χ2n) is 6.64. The predicted molar refractivity (Wildman–Crippen MR) is 108 cm³/mol. The fraction of sp³-hybridized carbons (Fsp3) is 0.300. The summed E-state index contributed by atoms with van der Waals surface area (Å²) < 4.78 is 1.69. The number of nitrogens with zero attached hydrogens (tertiary/aromatic N) is 5. The first kappa shape index (κ1) is 19.1. The lowest BCUT2D eigenvalue weighted by Crippen LogP contribution is -2.38. The van der Waals surface area contributed by atoms with Gasteiger partial charge in [0.1, 0.15) is 0 Å². The molecule has 6 nitrogen and oxygen atoms in total. The molecule has 0 atom stereocenters. The minimum atomic E-state index is 0.0244. The number of rotatable bonds is 6. The monoisotopic (exact) mass is 381 g/mol. The van der Waals surface area contributed by atoms with Gasteiger partial charge in [-0.05, 0) is 61.9 Å². The van der Waals surface area contributed by atoms with Gasteiger partial charge in [-0.1, -0.05) is 47.7 Å². The summed E-state index contributed by atoms with van der Waals surface area (Å²) in [5.74, 6) is 0.287. The van der Waals surface area contributed by atoms with Crippen LogP contribution in [0.15, 0.2) is 53.7 Å². The van der Waals surface area contributed by atoms with Gasteiger partial charge >= 0.3 is 0 Å². The summed E-state index contributed by atoms with van der Waals surface area (Å²) in [5, 5.41) is 12.6. The highest BCUT2D eigenvalue weighted by molar-refractivity contribution is 7.99. The Morgan fingerprint density at radius 2 is 1.89 bits per heavy atom. The standard InChI is InChI=1S/C20H23N5OS/c1-14(2)24(17-8-6-5-7-9-17)19(26)13-27-20-21-22-23-25(20)18-11-10-15(3)12-16(18)4/h5-12,14H,13H2,1-4H3. The first-order chi connectivity index (χ1) is 13.0. The third-order valence-electron chi connectivity index (χ3n) is 4.17. The quantitative estimate of drug-likeness (QED) is 0.608. The summed E-state index contributed by atoms with van der Waals surface area (Å²) in [7, 11) is 0. The molecule has 2 aromatic carbocycles. The van der Waals surface area contributed by atoms with Crippen molar-refractivity contribution in [2.75, 3.05) is 10.7 Å². The van der Waals surface area contributed by atoms with Crippen molar-refractivity contribution in [1.29, 1.82) is 0 Å². The van der Waals surface area contributed by atoms with Crippen LogP contribution in [-0.2, 0) is 4.79 Å². The number of thioether (sulfide) groups is 1. The average molecular weight is 382 g/mol. The van der Waals surface area contributed by atoms with Crippen LogP contribution in [0, 0.1) is 13.8 Å². The van der Waals surface area contributed by atoms with Crippen LogP contribution in [-0.4, -0.2) is 37.9 Å². The van der Waals surface area contributed by atoms with Crippen LogP contribution in [0.3, 0.4) is 0 Å². The van der Waals surface area contributed by atoms with E-state index in [1.54, 1.807) is 9.58 Å². The molecule has 1 heterocycles. The fourth-order valence-electron chi connectivity index (χ4n) is 2.98. The lowest BCUT2D eigenvalue weighted by atomic mass is 10.1. The molecule has 0 bridgehead atoms. The summed E-state index contributed by atoms with van der Waals surface area (Å²) in [6.45, 7) is 8.10. The van der Waals surface area contributed by atoms with E-state index in [1.807, 2.05) is 63.2 Å². The number of aryl methyl sites for hydroxylation is 2. The van der Waals surface area contributed by atoms with Crippen molar-refractivity contribution in [3.05, 3.63) is 59.7 Å². The topological polar surface area (TPSA) is 63.9 Å². The largest absolute Gasteiger partial charge is 0.309 e. The molecule has 3 rings (SSSR count). The first-order valence-electron chi connectivity index (χ1n) is 8.83. The zero-order valence-corrected chi connectivity index (χ0v) is 16.8. The minimum Gasteiger partial charge on any atom is -0.309 e. The summed E-state index contributed by atoms with van der Waals surface area (Å²) in [4.78, 5) is 14.7. The van der Waals surface area contributed by atoms with Gasteiger partial charge in [-0.3, -0.25) is 4.79 Å². The second-order valence-corrected chi connectivity index (χ2v) is 7.59. The van der Waals surface area contributed by atoms with Crippen molar-refractivity contribution in [3.63, 3.8) is 0 Å². The van der Waals surface area contributed by atoms with Crippen LogP contribution in [0.5, 0.6) is 0 Å². The van der Waals surface area contributed by atoms with Gasteiger partial charge in [0, 0.05) is 11.7 Å². The van der Waals surface area contributed by atoms with Crippen molar-refractivity contribution < 1.29 is 4.79 Å². The summed E-state index contributed by atoms with van der Waals surface area (Å²) in [5.41, 5.74) is 4.09. The zero-order chi connectivity index (χ0) is 19.4. The molecule has 1 amide bonds. The van der Waals surface area contributed by atoms with Gasteiger partial charge in [0.05, 0.1) is 11.4 Å². The highest BCUT2D eigenvalue weighted by Crippen LogP contribution is 2.23. The lowest BCUT2D eigenvalue weighted by molar-refractivity contribution is -0.116. The van der Waals surface area contributed by atoms with E-state index in [9.17, 15) is 4.79 Å². The molecule has 0 radical (unpaired) electrons. The van der Waals surface area contributed by atoms with Crippen LogP contribution in [0.4, 0.5) is 5.69 Å². The maximum Gasteiger partial charge on any atom is 0.237 e. The van der Waals surface area contributed by atoms with Crippen LogP contribution >= 0.6 is 11.8 Å². The molecule has 0 saturated carbocycles. The Balaban J connectivity index is 1.77. The number of para-hydroxylation sites is 1. The number of carbonyl (C=O) groups is 1. The number of carbonyl (C=O) groups excluding carboxylic acids is 1. The summed E-state index contributed by atoms with van der Waals surface area (Å²) in [6, 6.07) is 15.9. The lowest BCUT2D eigenvalue weighted by Gasteiger charge is -2.26. The van der Waals surface area contributed by atoms with E-state index in [0.29, 0.717) is 5.16 Å². The molecular weight excluding hydrogens is 358 g/mol. The summed E-state index contributed by atoms with van der Waals surface area (Å²) in [6.07, 6.45) is 0. The van der Waals surface area contributed by atoms with Gasteiger partial charge in [-0.25, -0.2) is 0 Å². The predicted octanol–water partition coefficient (Wildman–Crippen LogP) is 3.81. The van der Waals surface area contributed by atoms with Crippen molar-refractivity contribution in [1.82, 2.24) is 20.2 Å². The van der Waals surface area contributed by atoms with Gasteiger partial charge in [0.25, 0.3) is 0 Å². The number of tetrazole rings is 1. The van der Waals surface area contributed by atoms with Crippen LogP contribution in [0.1, 0.15) is 25.0 Å². The Morgan fingerprint density at radius 1 is 1.15 bits per heavy atom. The van der Waals surface area contributed by atoms with Crippen LogP contribution in [0.2, 0.25) is 0 Å². The normalized spacial score (nSPS) is 11.0. The van der Waals surface area contributed by atoms with Crippen LogP contribution < -0.4 is 4.90 Å². The summed E-state index contributed by atoms with van der Waals surface area (Å²) >= 11 is 1.35. The van der Waals surface area contributed by atoms with Gasteiger partial charge < -0.3 is 4.90 Å². The molecule has 0 N–H and O–H groups in total. The Labute approximate surface area is 163 Å². The van der Waals surface area contributed by atoms with E-state index in [2.05, 4.69) is 28.5 Å². The Bertz CT molecular complexity index is 923. The first-order valence-corrected chi connectivity index (χ1v) is 9.82. The molecule has 1 aromatic heterocycles. The average Bonchev–Trinajstić information content (AvgIpc) is 3.09. The number of amides is 1. The minimum absolute atomic E-state index is 0.0244. The van der Waals surface area contributed by atoms with E-state index in [4.69, 9.17) is 0 Å². The van der Waals surface area contributed by atoms with E-state index in [-0.39, 0.29) is 17.7 Å².